The van der Waals surface area contributed by atoms with Gasteiger partial charge >= 0.3 is 23.5 Å². The van der Waals surface area contributed by atoms with Crippen molar-refractivity contribution < 1.29 is 68.3 Å². The van der Waals surface area contributed by atoms with Crippen molar-refractivity contribution in [3.8, 4) is 0 Å². The third-order valence-corrected chi connectivity index (χ3v) is 15.1. The minimum atomic E-state index is -4.91. The number of fused-ring (bicyclic) bond motifs is 1. The summed E-state index contributed by atoms with van der Waals surface area (Å²) in [5.41, 5.74) is 3.66. The maximum Gasteiger partial charge on any atom is 0.475 e. The molecule has 18 heteroatoms. The Morgan fingerprint density at radius 2 is 0.594 bits per heavy atom. The smallest absolute Gasteiger partial charge is 0.342 e. The van der Waals surface area contributed by atoms with Gasteiger partial charge < -0.3 is 9.47 Å². The first kappa shape index (κ1) is 50.9. The fourth-order valence-corrected chi connectivity index (χ4v) is 11.6. The van der Waals surface area contributed by atoms with Crippen LogP contribution in [0, 0.1) is 0 Å². The normalized spacial score (nSPS) is 21.4. The maximum absolute atomic E-state index is 18.3. The number of hydrogen-bond acceptors (Lipinski definition) is 14. The van der Waals surface area contributed by atoms with Crippen molar-refractivity contribution in [1.82, 2.24) is 0 Å². The number of ether oxygens (including phenoxy) is 2. The lowest BCUT2D eigenvalue weighted by molar-refractivity contribution is -0.166. The van der Waals surface area contributed by atoms with Crippen molar-refractivity contribution in [3.63, 3.8) is 0 Å². The Hall–Kier alpha value is -4.50. The number of phosphoric acid groups is 3. The first-order valence-corrected chi connectivity index (χ1v) is 26.7. The van der Waals surface area contributed by atoms with E-state index in [0.717, 1.165) is 0 Å². The number of rotatable bonds is 24. The molecule has 1 heterocycles. The van der Waals surface area contributed by atoms with Crippen LogP contribution >= 0.6 is 23.5 Å². The molecule has 0 aromatic heterocycles. The molecule has 0 N–H and O–H groups in total. The average molecular weight is 1000 g/mol. The molecule has 0 amide bonds. The van der Waals surface area contributed by atoms with Crippen LogP contribution in [0.25, 0.3) is 0 Å². The van der Waals surface area contributed by atoms with Gasteiger partial charge in [-0.05, 0) is 47.2 Å². The Kier molecular flexibility index (Phi) is 17.4. The lowest BCUT2D eigenvalue weighted by Gasteiger charge is -2.44. The third-order valence-electron chi connectivity index (χ3n) is 10.9. The Balaban J connectivity index is 1.18. The van der Waals surface area contributed by atoms with Gasteiger partial charge in [0.1, 0.15) is 30.5 Å². The lowest BCUT2D eigenvalue weighted by Crippen LogP contribution is -2.62. The summed E-state index contributed by atoms with van der Waals surface area (Å²) in [6, 6.07) is 53.0. The maximum atomic E-state index is 18.3. The van der Waals surface area contributed by atoms with E-state index >= 15 is 13.5 Å². The molecule has 6 atom stereocenters. The summed E-state index contributed by atoms with van der Waals surface area (Å²) >= 11 is 0. The van der Waals surface area contributed by atoms with E-state index in [0.29, 0.717) is 33.4 Å². The van der Waals surface area contributed by atoms with Gasteiger partial charge in [-0.2, -0.15) is 0 Å². The second-order valence-electron chi connectivity index (χ2n) is 16.6. The third kappa shape index (κ3) is 14.5. The van der Waals surface area contributed by atoms with Crippen LogP contribution < -0.4 is 0 Å². The monoisotopic (exact) mass is 1000 g/mol. The van der Waals surface area contributed by atoms with Crippen LogP contribution in [0.15, 0.2) is 182 Å². The van der Waals surface area contributed by atoms with Gasteiger partial charge in [0.25, 0.3) is 0 Å². The molecule has 2 aliphatic rings. The quantitative estimate of drug-likeness (QED) is 0.0528. The van der Waals surface area contributed by atoms with Gasteiger partial charge in [0.05, 0.1) is 39.6 Å². The summed E-state index contributed by atoms with van der Waals surface area (Å²) < 4.78 is 131. The predicted molar refractivity (Wildman–Crippen MR) is 254 cm³/mol. The summed E-state index contributed by atoms with van der Waals surface area (Å²) in [6.45, 7) is 1.51. The van der Waals surface area contributed by atoms with Gasteiger partial charge in [-0.1, -0.05) is 182 Å². The van der Waals surface area contributed by atoms with Crippen molar-refractivity contribution in [3.05, 3.63) is 215 Å². The highest BCUT2D eigenvalue weighted by Crippen LogP contribution is 2.61. The minimum Gasteiger partial charge on any atom is -0.342 e. The molecule has 1 aliphatic carbocycles. The molecule has 69 heavy (non-hydrogen) atoms. The van der Waals surface area contributed by atoms with Crippen LogP contribution in [0.2, 0.25) is 0 Å². The molecule has 1 saturated heterocycles. The molecule has 6 aromatic carbocycles. The predicted octanol–water partition coefficient (Wildman–Crippen LogP) is 12.6. The van der Waals surface area contributed by atoms with E-state index in [9.17, 15) is 4.57 Å². The van der Waals surface area contributed by atoms with E-state index in [1.165, 1.54) is 0 Å². The number of phosphoric ester groups is 3. The van der Waals surface area contributed by atoms with Crippen molar-refractivity contribution >= 4 is 23.5 Å². The number of alkyl halides is 1. The highest BCUT2D eigenvalue weighted by molar-refractivity contribution is 7.49. The number of hydrogen-bond donors (Lipinski definition) is 0. The van der Waals surface area contributed by atoms with Crippen LogP contribution in [-0.2, 0) is 104 Å². The SMILES string of the molecule is CC1(C)O[C@@H]2[C@@H](OP(=O)(OCc3ccccc3)OCc3ccccc3)[C@H](OP(=O)(OCc3ccccc3)OCc3ccccc3)[C@@H](F)[C@H](OP(=O)(OCc3ccccc3)OCc3ccccc3)[C@@H]2O1. The molecule has 14 nitrogen and oxygen atoms in total. The Morgan fingerprint density at radius 3 is 0.855 bits per heavy atom. The van der Waals surface area contributed by atoms with Crippen LogP contribution in [0.5, 0.6) is 0 Å². The van der Waals surface area contributed by atoms with E-state index in [1.807, 2.05) is 24.3 Å². The number of halogens is 1. The van der Waals surface area contributed by atoms with Gasteiger partial charge in [-0.25, -0.2) is 18.1 Å². The molecule has 0 unspecified atom stereocenters. The zero-order valence-corrected chi connectivity index (χ0v) is 40.6. The van der Waals surface area contributed by atoms with Crippen LogP contribution in [0.1, 0.15) is 47.2 Å². The topological polar surface area (TPSA) is 153 Å². The van der Waals surface area contributed by atoms with Crippen LogP contribution in [-0.4, -0.2) is 42.5 Å². The standard InChI is InChI=1S/C51H54FO14P3/c1-51(2)62-48-46(64-67(53,56-33-39-21-9-3-10-22-39)57-34-40-23-11-4-12-24-40)45(52)47(65-68(54,58-35-41-25-13-5-14-26-41)59-36-42-27-15-6-16-28-42)50(49(48)63-51)66-69(55,60-37-43-29-17-7-18-30-43)61-38-44-31-19-8-20-32-44/h3-32,45-50H,33-38H2,1-2H3/t45-,46-,47+,48-,49-,50-/m0/s1. The summed E-state index contributed by atoms with van der Waals surface area (Å²) in [4.78, 5) is 0. The van der Waals surface area contributed by atoms with Crippen molar-refractivity contribution in [2.24, 2.45) is 0 Å². The fourth-order valence-electron chi connectivity index (χ4n) is 7.53. The summed E-state index contributed by atoms with van der Waals surface area (Å²) in [7, 11) is -14.5. The van der Waals surface area contributed by atoms with E-state index in [1.54, 1.807) is 172 Å². The molecule has 0 bridgehead atoms. The summed E-state index contributed by atoms with van der Waals surface area (Å²) in [6.07, 6.45) is -11.3. The average Bonchev–Trinajstić information content (AvgIpc) is 3.72. The second kappa shape index (κ2) is 23.6. The molecule has 1 saturated carbocycles. The zero-order chi connectivity index (χ0) is 48.2. The number of benzene rings is 6. The van der Waals surface area contributed by atoms with Gasteiger partial charge in [0.15, 0.2) is 12.0 Å². The largest absolute Gasteiger partial charge is 0.475 e. The molecular formula is C51H54FO14P3. The molecule has 0 radical (unpaired) electrons. The highest BCUT2D eigenvalue weighted by Gasteiger charge is 2.64. The Morgan fingerprint density at radius 1 is 0.377 bits per heavy atom. The van der Waals surface area contributed by atoms with E-state index < -0.39 is 65.9 Å². The highest BCUT2D eigenvalue weighted by atomic mass is 31.2. The second-order valence-corrected chi connectivity index (χ2v) is 21.5. The van der Waals surface area contributed by atoms with Gasteiger partial charge in [0, 0.05) is 0 Å². The Bertz CT molecular complexity index is 2500. The van der Waals surface area contributed by atoms with Crippen LogP contribution in [0.3, 0.4) is 0 Å². The molecule has 6 aromatic rings. The summed E-state index contributed by atoms with van der Waals surface area (Å²) in [5, 5.41) is 0. The molecule has 8 rings (SSSR count). The first-order valence-electron chi connectivity index (χ1n) is 22.3. The summed E-state index contributed by atoms with van der Waals surface area (Å²) in [5.74, 6) is -1.50. The van der Waals surface area contributed by atoms with Gasteiger partial charge in [-0.3, -0.25) is 40.7 Å². The van der Waals surface area contributed by atoms with E-state index in [4.69, 9.17) is 50.2 Å². The Labute approximate surface area is 401 Å². The van der Waals surface area contributed by atoms with Gasteiger partial charge in [0.2, 0.25) is 0 Å². The first-order chi connectivity index (χ1) is 33.4. The minimum absolute atomic E-state index is 0.254. The van der Waals surface area contributed by atoms with Crippen LogP contribution in [0.4, 0.5) is 4.39 Å². The van der Waals surface area contributed by atoms with Crippen molar-refractivity contribution in [1.29, 1.82) is 0 Å². The van der Waals surface area contributed by atoms with Crippen molar-refractivity contribution in [2.45, 2.75) is 96.0 Å². The molecule has 364 valence electrons. The van der Waals surface area contributed by atoms with E-state index in [-0.39, 0.29) is 39.6 Å². The zero-order valence-electron chi connectivity index (χ0n) is 38.0. The molecule has 2 fully saturated rings. The molecular weight excluding hydrogens is 948 g/mol. The fraction of sp³-hybridized carbons (Fsp3) is 0.294. The van der Waals surface area contributed by atoms with E-state index in [2.05, 4.69) is 0 Å². The molecule has 1 aliphatic heterocycles. The van der Waals surface area contributed by atoms with Gasteiger partial charge in [-0.15, -0.1) is 0 Å². The van der Waals surface area contributed by atoms with Crippen molar-refractivity contribution in [2.75, 3.05) is 0 Å². The molecule has 0 spiro atoms. The lowest BCUT2D eigenvalue weighted by atomic mass is 9.86.